The molecule has 4 amide bonds. The Balaban J connectivity index is 0.00000166. The number of benzene rings is 2. The van der Waals surface area contributed by atoms with E-state index in [-0.39, 0.29) is 30.3 Å². The molecule has 5 N–H and O–H groups in total. The maximum Gasteiger partial charge on any atom is 0.407 e. The topological polar surface area (TPSA) is 183 Å². The molecule has 1 fully saturated rings. The summed E-state index contributed by atoms with van der Waals surface area (Å²) in [7, 11) is 2.54. The van der Waals surface area contributed by atoms with Gasteiger partial charge in [0, 0.05) is 30.6 Å². The number of aromatic nitrogens is 4. The van der Waals surface area contributed by atoms with Crippen LogP contribution in [0.2, 0.25) is 0 Å². The second kappa shape index (κ2) is 21.3. The Morgan fingerprint density at radius 3 is 2.30 bits per heavy atom. The molecule has 0 spiro atoms. The summed E-state index contributed by atoms with van der Waals surface area (Å²) < 4.78 is 9.21. The summed E-state index contributed by atoms with van der Waals surface area (Å²) in [4.78, 5) is 66.2. The Bertz CT molecular complexity index is 1970. The SMILES string of the molecule is CC(C)C.COC(=O)NCC(=O)NCCCCc1nc2ccc(C#Cc3ccc(-c4cnc(C5CCCN5C(=O)C(CC(C)C)NC(=O)OC)[nH]4)cc3)cc2[nH]1. The van der Waals surface area contributed by atoms with Crippen LogP contribution in [-0.4, -0.2) is 88.7 Å². The van der Waals surface area contributed by atoms with Crippen molar-refractivity contribution in [3.05, 3.63) is 71.4 Å². The maximum absolute atomic E-state index is 13.5. The zero-order valence-corrected chi connectivity index (χ0v) is 33.6. The minimum atomic E-state index is -0.662. The Hall–Kier alpha value is -5.84. The number of carbonyl (C=O) groups excluding carboxylic acids is 4. The Labute approximate surface area is 329 Å². The number of imidazole rings is 2. The van der Waals surface area contributed by atoms with Gasteiger partial charge in [-0.2, -0.15) is 0 Å². The summed E-state index contributed by atoms with van der Waals surface area (Å²) in [5, 5.41) is 7.83. The van der Waals surface area contributed by atoms with Crippen LogP contribution in [0.5, 0.6) is 0 Å². The lowest BCUT2D eigenvalue weighted by Crippen LogP contribution is -2.49. The predicted octanol–water partition coefficient (Wildman–Crippen LogP) is 6.24. The van der Waals surface area contributed by atoms with Gasteiger partial charge < -0.3 is 40.3 Å². The molecule has 14 nitrogen and oxygen atoms in total. The van der Waals surface area contributed by atoms with E-state index in [1.165, 1.54) is 14.2 Å². The third-order valence-electron chi connectivity index (χ3n) is 8.75. The lowest BCUT2D eigenvalue weighted by Gasteiger charge is -2.29. The predicted molar refractivity (Wildman–Crippen MR) is 215 cm³/mol. The minimum absolute atomic E-state index is 0.121. The van der Waals surface area contributed by atoms with E-state index < -0.39 is 18.2 Å². The fraction of sp³-hybridized carbons (Fsp3) is 0.476. The number of alkyl carbamates (subject to hydrolysis) is 2. The van der Waals surface area contributed by atoms with E-state index in [1.807, 2.05) is 61.2 Å². The van der Waals surface area contributed by atoms with Gasteiger partial charge in [-0.3, -0.25) is 9.59 Å². The molecular formula is C42H56N8O6. The number of unbranched alkanes of at least 4 members (excludes halogenated alkanes) is 1. The van der Waals surface area contributed by atoms with Gasteiger partial charge in [-0.1, -0.05) is 58.6 Å². The average Bonchev–Trinajstić information content (AvgIpc) is 3.95. The number of aromatic amines is 2. The largest absolute Gasteiger partial charge is 0.453 e. The molecule has 5 rings (SSSR count). The molecular weight excluding hydrogens is 713 g/mol. The molecule has 1 aliphatic heterocycles. The van der Waals surface area contributed by atoms with Crippen molar-refractivity contribution in [2.45, 2.75) is 85.2 Å². The van der Waals surface area contributed by atoms with Gasteiger partial charge in [0.15, 0.2) is 0 Å². The van der Waals surface area contributed by atoms with Crippen molar-refractivity contribution in [2.24, 2.45) is 11.8 Å². The quantitative estimate of drug-likeness (QED) is 0.0782. The zero-order valence-electron chi connectivity index (χ0n) is 33.6. The van der Waals surface area contributed by atoms with Crippen LogP contribution < -0.4 is 16.0 Å². The van der Waals surface area contributed by atoms with Crippen LogP contribution in [0.3, 0.4) is 0 Å². The first-order chi connectivity index (χ1) is 26.9. The van der Waals surface area contributed by atoms with Gasteiger partial charge in [0.05, 0.1) is 49.7 Å². The number of likely N-dealkylation sites (tertiary alicyclic amines) is 1. The normalized spacial score (nSPS) is 14.0. The molecule has 1 aliphatic rings. The van der Waals surface area contributed by atoms with Gasteiger partial charge in [-0.15, -0.1) is 0 Å². The number of fused-ring (bicyclic) bond motifs is 1. The van der Waals surface area contributed by atoms with E-state index in [2.05, 4.69) is 73.2 Å². The molecule has 2 atom stereocenters. The number of nitrogens with zero attached hydrogens (tertiary/aromatic N) is 3. The maximum atomic E-state index is 13.5. The third-order valence-corrected chi connectivity index (χ3v) is 8.75. The Morgan fingerprint density at radius 1 is 0.911 bits per heavy atom. The number of amides is 4. The van der Waals surface area contributed by atoms with Crippen molar-refractivity contribution < 1.29 is 28.7 Å². The summed E-state index contributed by atoms with van der Waals surface area (Å²) in [6, 6.07) is 12.9. The molecule has 2 aromatic heterocycles. The summed E-state index contributed by atoms with van der Waals surface area (Å²) in [5.41, 5.74) is 5.30. The number of H-pyrrole nitrogens is 2. The number of aryl methyl sites for hydroxylation is 1. The van der Waals surface area contributed by atoms with Crippen molar-refractivity contribution in [1.82, 2.24) is 40.8 Å². The first kappa shape index (κ1) is 42.9. The second-order valence-corrected chi connectivity index (χ2v) is 14.8. The highest BCUT2D eigenvalue weighted by atomic mass is 16.5. The van der Waals surface area contributed by atoms with Crippen LogP contribution in [0.1, 0.15) is 95.5 Å². The Kier molecular flexibility index (Phi) is 16.3. The highest BCUT2D eigenvalue weighted by molar-refractivity contribution is 5.86. The highest BCUT2D eigenvalue weighted by Gasteiger charge is 2.36. The summed E-state index contributed by atoms with van der Waals surface area (Å²) in [6.45, 7) is 11.5. The standard InChI is InChI=1S/C38H46N8O6.C4H10/c1-24(2)20-30(45-38(50)52-4)36(48)46-19-7-8-32(46)35-40-22-31(44-35)27-15-12-25(13-16-27)10-11-26-14-17-28-29(21-26)43-33(42-28)9-5-6-18-39-34(47)23-41-37(49)51-3;1-4(2)3/h12-17,21-22,24,30,32H,5-9,18-20,23H2,1-4H3,(H,39,47)(H,40,44)(H,41,49)(H,42,43)(H,45,50);4H,1-3H3. The number of methoxy groups -OCH3 is 2. The zero-order chi connectivity index (χ0) is 40.6. The van der Waals surface area contributed by atoms with E-state index in [9.17, 15) is 19.2 Å². The van der Waals surface area contributed by atoms with Gasteiger partial charge in [-0.25, -0.2) is 19.6 Å². The highest BCUT2D eigenvalue weighted by Crippen LogP contribution is 2.32. The smallest absolute Gasteiger partial charge is 0.407 e. The molecule has 4 aromatic rings. The lowest BCUT2D eigenvalue weighted by atomic mass is 10.0. The van der Waals surface area contributed by atoms with E-state index in [1.54, 1.807) is 6.20 Å². The van der Waals surface area contributed by atoms with Gasteiger partial charge in [0.2, 0.25) is 11.8 Å². The molecule has 56 heavy (non-hydrogen) atoms. The fourth-order valence-electron chi connectivity index (χ4n) is 6.13. The number of rotatable bonds is 13. The van der Waals surface area contributed by atoms with E-state index >= 15 is 0 Å². The number of ether oxygens (including phenoxy) is 2. The molecule has 2 unspecified atom stereocenters. The third kappa shape index (κ3) is 13.2. The van der Waals surface area contributed by atoms with Gasteiger partial charge in [-0.05, 0) is 79.8 Å². The van der Waals surface area contributed by atoms with Crippen LogP contribution in [0.4, 0.5) is 9.59 Å². The number of carbonyl (C=O) groups is 4. The molecule has 3 heterocycles. The van der Waals surface area contributed by atoms with Crippen LogP contribution in [0.15, 0.2) is 48.7 Å². The van der Waals surface area contributed by atoms with Gasteiger partial charge in [0.25, 0.3) is 0 Å². The van der Waals surface area contributed by atoms with Crippen LogP contribution >= 0.6 is 0 Å². The van der Waals surface area contributed by atoms with Crippen molar-refractivity contribution >= 4 is 35.0 Å². The molecule has 1 saturated heterocycles. The van der Waals surface area contributed by atoms with Crippen molar-refractivity contribution in [2.75, 3.05) is 33.9 Å². The van der Waals surface area contributed by atoms with E-state index in [0.29, 0.717) is 19.5 Å². The molecule has 14 heteroatoms. The molecule has 300 valence electrons. The van der Waals surface area contributed by atoms with Crippen molar-refractivity contribution in [1.29, 1.82) is 0 Å². The number of nitrogens with one attached hydrogen (secondary N) is 5. The molecule has 0 aliphatic carbocycles. The van der Waals surface area contributed by atoms with Crippen molar-refractivity contribution in [3.8, 4) is 23.1 Å². The first-order valence-corrected chi connectivity index (χ1v) is 19.3. The van der Waals surface area contributed by atoms with Crippen LogP contribution in [0.25, 0.3) is 22.3 Å². The summed E-state index contributed by atoms with van der Waals surface area (Å²) in [5.74, 6) is 8.73. The lowest BCUT2D eigenvalue weighted by molar-refractivity contribution is -0.134. The van der Waals surface area contributed by atoms with E-state index in [4.69, 9.17) is 4.74 Å². The molecule has 0 bridgehead atoms. The van der Waals surface area contributed by atoms with Crippen LogP contribution in [0, 0.1) is 23.7 Å². The number of hydrogen-bond donors (Lipinski definition) is 5. The summed E-state index contributed by atoms with van der Waals surface area (Å²) in [6.07, 6.45) is 5.02. The number of hydrogen-bond acceptors (Lipinski definition) is 8. The molecule has 2 aromatic carbocycles. The molecule has 0 radical (unpaired) electrons. The minimum Gasteiger partial charge on any atom is -0.453 e. The first-order valence-electron chi connectivity index (χ1n) is 19.3. The second-order valence-electron chi connectivity index (χ2n) is 14.8. The summed E-state index contributed by atoms with van der Waals surface area (Å²) >= 11 is 0. The molecule has 0 saturated carbocycles. The van der Waals surface area contributed by atoms with E-state index in [0.717, 1.165) is 83.1 Å². The average molecular weight is 769 g/mol. The van der Waals surface area contributed by atoms with Gasteiger partial charge >= 0.3 is 12.2 Å². The fourth-order valence-corrected chi connectivity index (χ4v) is 6.13. The van der Waals surface area contributed by atoms with Crippen molar-refractivity contribution in [3.63, 3.8) is 0 Å². The van der Waals surface area contributed by atoms with Gasteiger partial charge in [0.1, 0.15) is 17.7 Å². The monoisotopic (exact) mass is 768 g/mol. The Morgan fingerprint density at radius 2 is 1.61 bits per heavy atom. The van der Waals surface area contributed by atoms with Crippen LogP contribution in [-0.2, 0) is 25.5 Å².